The molecule has 2 N–H and O–H groups in total. The van der Waals surface area contributed by atoms with Gasteiger partial charge in [0.25, 0.3) is 0 Å². The van der Waals surface area contributed by atoms with Crippen molar-refractivity contribution in [2.75, 3.05) is 18.8 Å². The summed E-state index contributed by atoms with van der Waals surface area (Å²) in [5, 5.41) is 0. The van der Waals surface area contributed by atoms with Crippen LogP contribution in [0.5, 0.6) is 0 Å². The van der Waals surface area contributed by atoms with Gasteiger partial charge in [-0.1, -0.05) is 19.9 Å². The van der Waals surface area contributed by atoms with Crippen molar-refractivity contribution >= 4 is 10.0 Å². The molecular formula is C13H23N3O2S. The Morgan fingerprint density at radius 1 is 1.42 bits per heavy atom. The topological polar surface area (TPSA) is 76.3 Å². The normalized spacial score (nSPS) is 12.3. The number of sulfonamides is 1. The van der Waals surface area contributed by atoms with Gasteiger partial charge in [0.15, 0.2) is 0 Å². The van der Waals surface area contributed by atoms with E-state index in [-0.39, 0.29) is 11.7 Å². The van der Waals surface area contributed by atoms with E-state index in [0.29, 0.717) is 26.1 Å². The van der Waals surface area contributed by atoms with Crippen LogP contribution in [0.4, 0.5) is 0 Å². The molecule has 0 unspecified atom stereocenters. The smallest absolute Gasteiger partial charge is 0.214 e. The fourth-order valence-corrected chi connectivity index (χ4v) is 3.61. The average molecular weight is 285 g/mol. The van der Waals surface area contributed by atoms with E-state index < -0.39 is 10.0 Å². The van der Waals surface area contributed by atoms with E-state index in [1.165, 1.54) is 4.31 Å². The van der Waals surface area contributed by atoms with Gasteiger partial charge in [-0.2, -0.15) is 4.31 Å². The minimum Gasteiger partial charge on any atom is -0.330 e. The van der Waals surface area contributed by atoms with E-state index in [4.69, 9.17) is 5.73 Å². The van der Waals surface area contributed by atoms with Crippen molar-refractivity contribution in [2.45, 2.75) is 26.8 Å². The van der Waals surface area contributed by atoms with Crippen LogP contribution in [0.15, 0.2) is 24.5 Å². The van der Waals surface area contributed by atoms with Crippen LogP contribution >= 0.6 is 0 Å². The molecule has 0 saturated heterocycles. The molecule has 0 aliphatic carbocycles. The maximum atomic E-state index is 12.3. The van der Waals surface area contributed by atoms with Crippen LogP contribution in [0.2, 0.25) is 0 Å². The molecule has 1 aromatic heterocycles. The summed E-state index contributed by atoms with van der Waals surface area (Å²) in [5.41, 5.74) is 6.38. The lowest BCUT2D eigenvalue weighted by molar-refractivity contribution is 0.397. The van der Waals surface area contributed by atoms with E-state index in [2.05, 4.69) is 4.98 Å². The second kappa shape index (κ2) is 7.57. The van der Waals surface area contributed by atoms with Crippen LogP contribution in [0.3, 0.4) is 0 Å². The highest BCUT2D eigenvalue weighted by Crippen LogP contribution is 2.12. The molecule has 6 heteroatoms. The maximum Gasteiger partial charge on any atom is 0.214 e. The molecule has 0 atom stereocenters. The Labute approximate surface area is 115 Å². The largest absolute Gasteiger partial charge is 0.330 e. The first-order chi connectivity index (χ1) is 8.95. The minimum absolute atomic E-state index is 0.110. The highest BCUT2D eigenvalue weighted by atomic mass is 32.2. The summed E-state index contributed by atoms with van der Waals surface area (Å²) in [7, 11) is -3.24. The second-order valence-electron chi connectivity index (χ2n) is 5.01. The summed E-state index contributed by atoms with van der Waals surface area (Å²) in [6, 6.07) is 3.69. The van der Waals surface area contributed by atoms with E-state index in [1.54, 1.807) is 12.4 Å². The van der Waals surface area contributed by atoms with Crippen molar-refractivity contribution in [3.63, 3.8) is 0 Å². The van der Waals surface area contributed by atoms with Gasteiger partial charge in [-0.15, -0.1) is 0 Å². The lowest BCUT2D eigenvalue weighted by Crippen LogP contribution is -2.35. The fraction of sp³-hybridized carbons (Fsp3) is 0.615. The Bertz CT molecular complexity index is 460. The molecule has 1 rings (SSSR count). The van der Waals surface area contributed by atoms with E-state index in [9.17, 15) is 8.42 Å². The monoisotopic (exact) mass is 285 g/mol. The van der Waals surface area contributed by atoms with Crippen molar-refractivity contribution in [1.82, 2.24) is 9.29 Å². The number of aromatic nitrogens is 1. The van der Waals surface area contributed by atoms with Gasteiger partial charge in [-0.25, -0.2) is 8.42 Å². The maximum absolute atomic E-state index is 12.3. The molecule has 0 aliphatic heterocycles. The standard InChI is InChI=1S/C13H23N3O2S/c1-12(2)11-19(17,18)16(8-4-6-14)10-13-5-3-7-15-9-13/h3,5,7,9,12H,4,6,8,10-11,14H2,1-2H3. The Balaban J connectivity index is 2.82. The molecule has 0 aliphatic rings. The number of hydrogen-bond donors (Lipinski definition) is 1. The average Bonchev–Trinajstić information content (AvgIpc) is 2.34. The number of pyridine rings is 1. The molecule has 1 aromatic rings. The van der Waals surface area contributed by atoms with Gasteiger partial charge >= 0.3 is 0 Å². The molecule has 0 radical (unpaired) electrons. The molecule has 1 heterocycles. The third-order valence-electron chi connectivity index (χ3n) is 2.63. The number of nitrogens with zero attached hydrogens (tertiary/aromatic N) is 2. The van der Waals surface area contributed by atoms with Crippen LogP contribution in [-0.4, -0.2) is 36.5 Å². The summed E-state index contributed by atoms with van der Waals surface area (Å²) in [6.45, 7) is 5.12. The molecule has 0 amide bonds. The highest BCUT2D eigenvalue weighted by Gasteiger charge is 2.22. The van der Waals surface area contributed by atoms with Crippen LogP contribution in [0.1, 0.15) is 25.8 Å². The van der Waals surface area contributed by atoms with E-state index in [1.807, 2.05) is 26.0 Å². The predicted molar refractivity (Wildman–Crippen MR) is 76.9 cm³/mol. The second-order valence-corrected chi connectivity index (χ2v) is 7.02. The van der Waals surface area contributed by atoms with Gasteiger partial charge in [0.05, 0.1) is 5.75 Å². The first-order valence-electron chi connectivity index (χ1n) is 6.52. The minimum atomic E-state index is -3.24. The quantitative estimate of drug-likeness (QED) is 0.779. The van der Waals surface area contributed by atoms with E-state index >= 15 is 0 Å². The zero-order chi connectivity index (χ0) is 14.3. The van der Waals surface area contributed by atoms with Gasteiger partial charge in [0.2, 0.25) is 10.0 Å². The molecule has 0 saturated carbocycles. The third kappa shape index (κ3) is 5.67. The molecule has 0 spiro atoms. The van der Waals surface area contributed by atoms with Gasteiger partial charge in [-0.3, -0.25) is 4.98 Å². The lowest BCUT2D eigenvalue weighted by atomic mass is 10.3. The van der Waals surface area contributed by atoms with Crippen molar-refractivity contribution in [3.8, 4) is 0 Å². The Morgan fingerprint density at radius 2 is 2.16 bits per heavy atom. The molecule has 0 fully saturated rings. The first kappa shape index (κ1) is 16.1. The lowest BCUT2D eigenvalue weighted by Gasteiger charge is -2.23. The molecular weight excluding hydrogens is 262 g/mol. The fourth-order valence-electron chi connectivity index (χ4n) is 1.81. The number of nitrogens with two attached hydrogens (primary N) is 1. The van der Waals surface area contributed by atoms with Crippen LogP contribution in [0, 0.1) is 5.92 Å². The molecule has 0 aromatic carbocycles. The van der Waals surface area contributed by atoms with E-state index in [0.717, 1.165) is 5.56 Å². The van der Waals surface area contributed by atoms with Crippen molar-refractivity contribution < 1.29 is 8.42 Å². The van der Waals surface area contributed by atoms with Gasteiger partial charge < -0.3 is 5.73 Å². The number of rotatable bonds is 8. The molecule has 19 heavy (non-hydrogen) atoms. The molecule has 108 valence electrons. The van der Waals surface area contributed by atoms with Crippen LogP contribution in [0.25, 0.3) is 0 Å². The molecule has 0 bridgehead atoms. The first-order valence-corrected chi connectivity index (χ1v) is 8.13. The van der Waals surface area contributed by atoms with Crippen molar-refractivity contribution in [1.29, 1.82) is 0 Å². The highest BCUT2D eigenvalue weighted by molar-refractivity contribution is 7.89. The zero-order valence-electron chi connectivity index (χ0n) is 11.6. The summed E-state index contributed by atoms with van der Waals surface area (Å²) in [5.74, 6) is 0.275. The van der Waals surface area contributed by atoms with Gasteiger partial charge in [0, 0.05) is 25.5 Å². The predicted octanol–water partition coefficient (Wildman–Crippen LogP) is 1.22. The van der Waals surface area contributed by atoms with Crippen molar-refractivity contribution in [3.05, 3.63) is 30.1 Å². The Kier molecular flexibility index (Phi) is 6.41. The Hall–Kier alpha value is -0.980. The van der Waals surface area contributed by atoms with Gasteiger partial charge in [-0.05, 0) is 30.5 Å². The summed E-state index contributed by atoms with van der Waals surface area (Å²) >= 11 is 0. The third-order valence-corrected chi connectivity index (χ3v) is 4.82. The zero-order valence-corrected chi connectivity index (χ0v) is 12.4. The summed E-state index contributed by atoms with van der Waals surface area (Å²) in [4.78, 5) is 4.01. The van der Waals surface area contributed by atoms with Gasteiger partial charge in [0.1, 0.15) is 0 Å². The van der Waals surface area contributed by atoms with Crippen LogP contribution in [-0.2, 0) is 16.6 Å². The Morgan fingerprint density at radius 3 is 2.68 bits per heavy atom. The number of hydrogen-bond acceptors (Lipinski definition) is 4. The molecule has 5 nitrogen and oxygen atoms in total. The summed E-state index contributed by atoms with van der Waals surface area (Å²) in [6.07, 6.45) is 4.04. The van der Waals surface area contributed by atoms with Crippen molar-refractivity contribution in [2.24, 2.45) is 11.7 Å². The summed E-state index contributed by atoms with van der Waals surface area (Å²) < 4.78 is 26.1. The SMILES string of the molecule is CC(C)CS(=O)(=O)N(CCCN)Cc1cccnc1. The van der Waals surface area contributed by atoms with Crippen LogP contribution < -0.4 is 5.73 Å².